The van der Waals surface area contributed by atoms with Gasteiger partial charge in [0.05, 0.1) is 21.3 Å². The van der Waals surface area contributed by atoms with Gasteiger partial charge in [-0.15, -0.1) is 0 Å². The van der Waals surface area contributed by atoms with Crippen molar-refractivity contribution in [3.63, 3.8) is 0 Å². The van der Waals surface area contributed by atoms with Crippen LogP contribution in [0.4, 0.5) is 0 Å². The van der Waals surface area contributed by atoms with Crippen LogP contribution in [0.5, 0.6) is 17.2 Å². The summed E-state index contributed by atoms with van der Waals surface area (Å²) in [4.78, 5) is 15.2. The van der Waals surface area contributed by atoms with Gasteiger partial charge in [-0.1, -0.05) is 18.2 Å². The normalized spacial score (nSPS) is 15.4. The number of para-hydroxylation sites is 1. The minimum Gasteiger partial charge on any atom is -0.493 e. The molecule has 1 aromatic heterocycles. The van der Waals surface area contributed by atoms with Gasteiger partial charge in [-0.3, -0.25) is 4.79 Å². The van der Waals surface area contributed by atoms with Gasteiger partial charge in [0.1, 0.15) is 13.2 Å². The fraction of sp³-hybridized carbons (Fsp3) is 0.423. The first-order chi connectivity index (χ1) is 16.0. The fourth-order valence-electron chi connectivity index (χ4n) is 4.76. The van der Waals surface area contributed by atoms with E-state index in [4.69, 9.17) is 18.9 Å². The average Bonchev–Trinajstić information content (AvgIpc) is 3.14. The Morgan fingerprint density at radius 2 is 1.76 bits per heavy atom. The second-order valence-corrected chi connectivity index (χ2v) is 8.58. The molecule has 1 aliphatic rings. The molecular weight excluding hydrogens is 420 g/mol. The number of methoxy groups -OCH3 is 3. The molecule has 4 rings (SSSR count). The Kier molecular flexibility index (Phi) is 6.79. The first-order valence-corrected chi connectivity index (χ1v) is 11.2. The van der Waals surface area contributed by atoms with Crippen LogP contribution in [0.3, 0.4) is 0 Å². The molecule has 3 aromatic rings. The summed E-state index contributed by atoms with van der Waals surface area (Å²) < 4.78 is 23.9. The number of ether oxygens (including phenoxy) is 4. The molecule has 0 radical (unpaired) electrons. The van der Waals surface area contributed by atoms with Crippen LogP contribution < -0.4 is 14.2 Å². The van der Waals surface area contributed by atoms with Crippen LogP contribution in [0.15, 0.2) is 36.4 Å². The highest BCUT2D eigenvalue weighted by molar-refractivity contribution is 5.87. The van der Waals surface area contributed by atoms with Crippen molar-refractivity contribution in [3.05, 3.63) is 53.2 Å². The van der Waals surface area contributed by atoms with E-state index in [1.807, 2.05) is 6.07 Å². The van der Waals surface area contributed by atoms with Gasteiger partial charge >= 0.3 is 5.97 Å². The quantitative estimate of drug-likeness (QED) is 0.484. The van der Waals surface area contributed by atoms with E-state index in [1.165, 1.54) is 16.6 Å². The lowest BCUT2D eigenvalue weighted by atomic mass is 9.91. The highest BCUT2D eigenvalue weighted by atomic mass is 16.5. The zero-order valence-corrected chi connectivity index (χ0v) is 20.0. The van der Waals surface area contributed by atoms with Crippen LogP contribution in [-0.4, -0.2) is 56.9 Å². The summed E-state index contributed by atoms with van der Waals surface area (Å²) in [6, 6.07) is 12.4. The summed E-state index contributed by atoms with van der Waals surface area (Å²) >= 11 is 0. The first-order valence-electron chi connectivity index (χ1n) is 11.2. The number of carbonyl (C=O) groups is 1. The van der Waals surface area contributed by atoms with Gasteiger partial charge in [-0.2, -0.15) is 0 Å². The lowest BCUT2D eigenvalue weighted by Crippen LogP contribution is -2.34. The molecule has 0 saturated heterocycles. The number of hydrogen-bond donors (Lipinski definition) is 0. The van der Waals surface area contributed by atoms with Crippen molar-refractivity contribution in [2.24, 2.45) is 0 Å². The minimum absolute atomic E-state index is 0.125. The maximum atomic E-state index is 12.9. The number of fused-ring (bicyclic) bond motifs is 3. The topological polar surface area (TPSA) is 62.2 Å². The van der Waals surface area contributed by atoms with Gasteiger partial charge in [0.15, 0.2) is 11.5 Å². The molecule has 0 saturated carbocycles. The van der Waals surface area contributed by atoms with Gasteiger partial charge < -0.3 is 28.4 Å². The third-order valence-electron chi connectivity index (χ3n) is 6.49. The Hall–Kier alpha value is -3.19. The van der Waals surface area contributed by atoms with Crippen LogP contribution in [0.1, 0.15) is 23.2 Å². The molecule has 2 aromatic carbocycles. The molecule has 0 fully saturated rings. The lowest BCUT2D eigenvalue weighted by Gasteiger charge is -2.29. The number of likely N-dealkylation sites (N-methyl/N-ethyl adjacent to an activating group) is 1. The van der Waals surface area contributed by atoms with Crippen LogP contribution in [-0.2, 0) is 35.5 Å². The Morgan fingerprint density at radius 1 is 1.06 bits per heavy atom. The number of hydrogen-bond acceptors (Lipinski definition) is 6. The van der Waals surface area contributed by atoms with Crippen molar-refractivity contribution < 1.29 is 23.7 Å². The van der Waals surface area contributed by atoms with Crippen LogP contribution >= 0.6 is 0 Å². The van der Waals surface area contributed by atoms with E-state index in [-0.39, 0.29) is 19.1 Å². The Balaban J connectivity index is 1.54. The predicted molar refractivity (Wildman–Crippen MR) is 127 cm³/mol. The Labute approximate surface area is 194 Å². The van der Waals surface area contributed by atoms with Crippen molar-refractivity contribution in [3.8, 4) is 17.2 Å². The molecule has 0 spiro atoms. The van der Waals surface area contributed by atoms with Crippen molar-refractivity contribution in [2.45, 2.75) is 38.5 Å². The zero-order valence-electron chi connectivity index (χ0n) is 20.0. The summed E-state index contributed by atoms with van der Waals surface area (Å²) in [5, 5.41) is 1.23. The first kappa shape index (κ1) is 23.0. The molecule has 176 valence electrons. The number of nitrogens with zero attached hydrogens (tertiary/aromatic N) is 2. The van der Waals surface area contributed by atoms with E-state index in [1.54, 1.807) is 33.5 Å². The summed E-state index contributed by atoms with van der Waals surface area (Å²) in [5.41, 5.74) is 4.46. The summed E-state index contributed by atoms with van der Waals surface area (Å²) in [6.07, 6.45) is 3.03. The molecule has 0 amide bonds. The Bertz CT molecular complexity index is 1130. The van der Waals surface area contributed by atoms with Gasteiger partial charge in [0.2, 0.25) is 5.75 Å². The molecule has 1 aliphatic carbocycles. The highest BCUT2D eigenvalue weighted by Crippen LogP contribution is 2.38. The molecule has 7 heteroatoms. The van der Waals surface area contributed by atoms with Crippen molar-refractivity contribution in [1.82, 2.24) is 9.47 Å². The maximum Gasteiger partial charge on any atom is 0.326 e. The largest absolute Gasteiger partial charge is 0.493 e. The summed E-state index contributed by atoms with van der Waals surface area (Å²) in [5.74, 6) is 1.30. The predicted octanol–water partition coefficient (Wildman–Crippen LogP) is 3.83. The maximum absolute atomic E-state index is 12.9. The number of carbonyl (C=O) groups excluding carboxylic acids is 1. The average molecular weight is 453 g/mol. The molecule has 1 unspecified atom stereocenters. The van der Waals surface area contributed by atoms with E-state index >= 15 is 0 Å². The van der Waals surface area contributed by atoms with Gasteiger partial charge in [0.25, 0.3) is 0 Å². The monoisotopic (exact) mass is 452 g/mol. The number of rotatable bonds is 8. The van der Waals surface area contributed by atoms with Crippen LogP contribution in [0.2, 0.25) is 0 Å². The Morgan fingerprint density at radius 3 is 2.39 bits per heavy atom. The third kappa shape index (κ3) is 4.50. The van der Waals surface area contributed by atoms with Crippen molar-refractivity contribution in [2.75, 3.05) is 35.4 Å². The molecule has 33 heavy (non-hydrogen) atoms. The van der Waals surface area contributed by atoms with E-state index < -0.39 is 0 Å². The minimum atomic E-state index is -0.276. The van der Waals surface area contributed by atoms with Gasteiger partial charge in [-0.25, -0.2) is 0 Å². The van der Waals surface area contributed by atoms with E-state index in [0.717, 1.165) is 30.3 Å². The summed E-state index contributed by atoms with van der Waals surface area (Å²) in [7, 11) is 8.95. The van der Waals surface area contributed by atoms with E-state index in [0.29, 0.717) is 23.3 Å². The second-order valence-electron chi connectivity index (χ2n) is 8.58. The summed E-state index contributed by atoms with van der Waals surface area (Å²) in [6.45, 7) is 0.312. The van der Waals surface area contributed by atoms with E-state index in [9.17, 15) is 4.79 Å². The molecule has 0 N–H and O–H groups in total. The van der Waals surface area contributed by atoms with Crippen molar-refractivity contribution in [1.29, 1.82) is 0 Å². The zero-order chi connectivity index (χ0) is 23.5. The third-order valence-corrected chi connectivity index (χ3v) is 6.49. The second kappa shape index (κ2) is 9.75. The van der Waals surface area contributed by atoms with Crippen LogP contribution in [0.25, 0.3) is 10.9 Å². The smallest absolute Gasteiger partial charge is 0.326 e. The molecular formula is C26H32N2O5. The molecule has 7 nitrogen and oxygen atoms in total. The van der Waals surface area contributed by atoms with E-state index in [2.05, 4.69) is 41.8 Å². The van der Waals surface area contributed by atoms with Gasteiger partial charge in [0, 0.05) is 22.6 Å². The molecule has 0 aliphatic heterocycles. The lowest BCUT2D eigenvalue weighted by molar-refractivity contribution is -0.145. The van der Waals surface area contributed by atoms with Crippen LogP contribution in [0, 0.1) is 0 Å². The molecule has 1 atom stereocenters. The SMILES string of the molecule is COc1cc(COC(=O)Cn2c3c(c4ccccc42)CC(N(C)C)CC3)cc(OC)c1OC. The number of benzene rings is 2. The van der Waals surface area contributed by atoms with Gasteiger partial charge in [-0.05, 0) is 62.7 Å². The van der Waals surface area contributed by atoms with Crippen molar-refractivity contribution >= 4 is 16.9 Å². The molecule has 0 bridgehead atoms. The molecule has 1 heterocycles. The number of aromatic nitrogens is 1. The standard InChI is InChI=1S/C26H32N2O5/c1-27(2)18-10-11-22-20(14-18)19-8-6-7-9-21(19)28(22)15-25(29)33-16-17-12-23(30-3)26(32-5)24(13-17)31-4/h6-9,12-13,18H,10-11,14-16H2,1-5H3. The number of esters is 1. The highest BCUT2D eigenvalue weighted by Gasteiger charge is 2.27. The fourth-order valence-corrected chi connectivity index (χ4v) is 4.76.